The van der Waals surface area contributed by atoms with E-state index in [-0.39, 0.29) is 30.3 Å². The van der Waals surface area contributed by atoms with Crippen LogP contribution in [0.1, 0.15) is 29.4 Å². The Morgan fingerprint density at radius 3 is 2.27 bits per heavy atom. The zero-order valence-electron chi connectivity index (χ0n) is 12.3. The average molecular weight is 317 g/mol. The van der Waals surface area contributed by atoms with E-state index in [0.29, 0.717) is 12.5 Å². The molecule has 0 spiro atoms. The van der Waals surface area contributed by atoms with Gasteiger partial charge in [-0.25, -0.2) is 0 Å². The number of hydrogen-bond donors (Lipinski definition) is 2. The van der Waals surface area contributed by atoms with Crippen molar-refractivity contribution >= 4 is 18.3 Å². The second kappa shape index (κ2) is 7.43. The minimum atomic E-state index is -0.261. The van der Waals surface area contributed by atoms with Crippen molar-refractivity contribution in [2.75, 3.05) is 6.54 Å². The first-order valence-corrected chi connectivity index (χ1v) is 7.40. The molecule has 0 aliphatic heterocycles. The third kappa shape index (κ3) is 3.67. The summed E-state index contributed by atoms with van der Waals surface area (Å²) in [6, 6.07) is 20.3. The van der Waals surface area contributed by atoms with Gasteiger partial charge in [-0.15, -0.1) is 12.4 Å². The molecule has 0 saturated heterocycles. The molecule has 2 aromatic rings. The lowest BCUT2D eigenvalue weighted by Gasteiger charge is -2.15. The summed E-state index contributed by atoms with van der Waals surface area (Å²) >= 11 is 0. The van der Waals surface area contributed by atoms with Crippen LogP contribution in [0.25, 0.3) is 0 Å². The molecule has 1 aliphatic carbocycles. The SMILES string of the molecule is Cl.NCC(C(=O)NC1CC1c1ccccc1)c1ccccc1. The molecule has 0 heterocycles. The summed E-state index contributed by atoms with van der Waals surface area (Å²) < 4.78 is 0. The van der Waals surface area contributed by atoms with Gasteiger partial charge < -0.3 is 11.1 Å². The van der Waals surface area contributed by atoms with Gasteiger partial charge in [-0.05, 0) is 17.5 Å². The van der Waals surface area contributed by atoms with Crippen LogP contribution in [0.3, 0.4) is 0 Å². The van der Waals surface area contributed by atoms with Crippen LogP contribution in [-0.2, 0) is 4.79 Å². The molecule has 2 aromatic carbocycles. The van der Waals surface area contributed by atoms with Crippen molar-refractivity contribution < 1.29 is 4.79 Å². The molecule has 1 aliphatic rings. The quantitative estimate of drug-likeness (QED) is 0.891. The van der Waals surface area contributed by atoms with Crippen molar-refractivity contribution in [1.29, 1.82) is 0 Å². The lowest BCUT2D eigenvalue weighted by Crippen LogP contribution is -2.35. The van der Waals surface area contributed by atoms with E-state index in [0.717, 1.165) is 12.0 Å². The highest BCUT2D eigenvalue weighted by Gasteiger charge is 2.40. The zero-order valence-corrected chi connectivity index (χ0v) is 13.1. The van der Waals surface area contributed by atoms with Crippen molar-refractivity contribution in [3.8, 4) is 0 Å². The van der Waals surface area contributed by atoms with E-state index >= 15 is 0 Å². The molecule has 3 atom stereocenters. The number of nitrogens with one attached hydrogen (secondary N) is 1. The summed E-state index contributed by atoms with van der Waals surface area (Å²) in [5.41, 5.74) is 8.07. The van der Waals surface area contributed by atoms with Gasteiger partial charge in [-0.2, -0.15) is 0 Å². The van der Waals surface area contributed by atoms with Gasteiger partial charge in [-0.1, -0.05) is 60.7 Å². The van der Waals surface area contributed by atoms with E-state index in [2.05, 4.69) is 17.4 Å². The molecule has 3 nitrogen and oxygen atoms in total. The summed E-state index contributed by atoms with van der Waals surface area (Å²) in [4.78, 5) is 12.4. The molecule has 4 heteroatoms. The van der Waals surface area contributed by atoms with Gasteiger partial charge in [0.1, 0.15) is 0 Å². The molecule has 3 rings (SSSR count). The summed E-state index contributed by atoms with van der Waals surface area (Å²) in [5.74, 6) is 0.222. The van der Waals surface area contributed by atoms with Crippen LogP contribution in [0.2, 0.25) is 0 Å². The van der Waals surface area contributed by atoms with Crippen LogP contribution >= 0.6 is 12.4 Å². The number of benzene rings is 2. The van der Waals surface area contributed by atoms with Crippen LogP contribution in [0, 0.1) is 0 Å². The Bertz CT molecular complexity index is 603. The molecule has 1 amide bonds. The van der Waals surface area contributed by atoms with E-state index in [1.807, 2.05) is 48.5 Å². The van der Waals surface area contributed by atoms with Gasteiger partial charge in [0.15, 0.2) is 0 Å². The maximum Gasteiger partial charge on any atom is 0.229 e. The minimum Gasteiger partial charge on any atom is -0.352 e. The largest absolute Gasteiger partial charge is 0.352 e. The van der Waals surface area contributed by atoms with Crippen LogP contribution in [0.4, 0.5) is 0 Å². The second-order valence-corrected chi connectivity index (χ2v) is 5.57. The zero-order chi connectivity index (χ0) is 14.7. The molecule has 3 N–H and O–H groups in total. The second-order valence-electron chi connectivity index (χ2n) is 5.57. The van der Waals surface area contributed by atoms with Crippen molar-refractivity contribution in [2.24, 2.45) is 5.73 Å². The van der Waals surface area contributed by atoms with Crippen molar-refractivity contribution in [2.45, 2.75) is 24.3 Å². The van der Waals surface area contributed by atoms with Gasteiger partial charge in [0.05, 0.1) is 5.92 Å². The molecule has 0 aromatic heterocycles. The summed E-state index contributed by atoms with van der Waals surface area (Å²) in [7, 11) is 0. The Morgan fingerprint density at radius 2 is 1.68 bits per heavy atom. The maximum absolute atomic E-state index is 12.4. The predicted molar refractivity (Wildman–Crippen MR) is 91.2 cm³/mol. The number of amides is 1. The Labute approximate surface area is 137 Å². The predicted octanol–water partition coefficient (Wildman–Crippen LogP) is 2.82. The fourth-order valence-electron chi connectivity index (χ4n) is 2.79. The lowest BCUT2D eigenvalue weighted by molar-refractivity contribution is -0.122. The summed E-state index contributed by atoms with van der Waals surface area (Å²) in [5, 5.41) is 3.13. The van der Waals surface area contributed by atoms with Crippen molar-refractivity contribution in [3.63, 3.8) is 0 Å². The standard InChI is InChI=1S/C18H20N2O.ClH/c19-12-16(14-9-5-2-6-10-14)18(21)20-17-11-15(17)13-7-3-1-4-8-13;/h1-10,15-17H,11-12,19H2,(H,20,21);1H. The van der Waals surface area contributed by atoms with Gasteiger partial charge in [-0.3, -0.25) is 4.79 Å². The highest BCUT2D eigenvalue weighted by Crippen LogP contribution is 2.40. The van der Waals surface area contributed by atoms with E-state index in [9.17, 15) is 4.79 Å². The van der Waals surface area contributed by atoms with E-state index in [1.165, 1.54) is 5.56 Å². The van der Waals surface area contributed by atoms with Crippen LogP contribution in [-0.4, -0.2) is 18.5 Å². The van der Waals surface area contributed by atoms with E-state index in [4.69, 9.17) is 5.73 Å². The number of nitrogens with two attached hydrogens (primary N) is 1. The molecular formula is C18H21ClN2O. The van der Waals surface area contributed by atoms with Crippen LogP contribution in [0.15, 0.2) is 60.7 Å². The Balaban J connectivity index is 0.00000176. The fourth-order valence-corrected chi connectivity index (χ4v) is 2.79. The maximum atomic E-state index is 12.4. The normalized spacial score (nSPS) is 20.6. The van der Waals surface area contributed by atoms with Crippen LogP contribution in [0.5, 0.6) is 0 Å². The number of halogens is 1. The third-order valence-corrected chi connectivity index (χ3v) is 4.10. The van der Waals surface area contributed by atoms with Crippen molar-refractivity contribution in [1.82, 2.24) is 5.32 Å². The number of hydrogen-bond acceptors (Lipinski definition) is 2. The molecule has 22 heavy (non-hydrogen) atoms. The highest BCUT2D eigenvalue weighted by molar-refractivity contribution is 5.85. The van der Waals surface area contributed by atoms with Gasteiger partial charge in [0, 0.05) is 18.5 Å². The van der Waals surface area contributed by atoms with Crippen LogP contribution < -0.4 is 11.1 Å². The lowest BCUT2D eigenvalue weighted by atomic mass is 9.98. The summed E-state index contributed by atoms with van der Waals surface area (Å²) in [6.45, 7) is 0.332. The molecule has 3 unspecified atom stereocenters. The highest BCUT2D eigenvalue weighted by atomic mass is 35.5. The first-order chi connectivity index (χ1) is 10.3. The average Bonchev–Trinajstić information content (AvgIpc) is 3.29. The Morgan fingerprint density at radius 1 is 1.09 bits per heavy atom. The fraction of sp³-hybridized carbons (Fsp3) is 0.278. The van der Waals surface area contributed by atoms with Gasteiger partial charge in [0.2, 0.25) is 5.91 Å². The topological polar surface area (TPSA) is 55.1 Å². The molecule has 1 saturated carbocycles. The molecule has 116 valence electrons. The smallest absolute Gasteiger partial charge is 0.229 e. The Kier molecular flexibility index (Phi) is 5.58. The Hall–Kier alpha value is -1.84. The molecule has 0 radical (unpaired) electrons. The minimum absolute atomic E-state index is 0. The third-order valence-electron chi connectivity index (χ3n) is 4.10. The molecular weight excluding hydrogens is 296 g/mol. The first-order valence-electron chi connectivity index (χ1n) is 7.40. The molecule has 0 bridgehead atoms. The number of rotatable bonds is 5. The number of carbonyl (C=O) groups excluding carboxylic acids is 1. The van der Waals surface area contributed by atoms with Crippen molar-refractivity contribution in [3.05, 3.63) is 71.8 Å². The van der Waals surface area contributed by atoms with E-state index < -0.39 is 0 Å². The first kappa shape index (κ1) is 16.5. The van der Waals surface area contributed by atoms with Gasteiger partial charge >= 0.3 is 0 Å². The monoisotopic (exact) mass is 316 g/mol. The van der Waals surface area contributed by atoms with E-state index in [1.54, 1.807) is 0 Å². The molecule has 1 fully saturated rings. The summed E-state index contributed by atoms with van der Waals surface area (Å²) in [6.07, 6.45) is 1.02. The number of carbonyl (C=O) groups is 1. The van der Waals surface area contributed by atoms with Gasteiger partial charge in [0.25, 0.3) is 0 Å².